The fourth-order valence-corrected chi connectivity index (χ4v) is 2.41. The highest BCUT2D eigenvalue weighted by molar-refractivity contribution is 14.0. The lowest BCUT2D eigenvalue weighted by Gasteiger charge is -2.22. The number of rotatable bonds is 8. The molecule has 1 aliphatic carbocycles. The summed E-state index contributed by atoms with van der Waals surface area (Å²) in [4.78, 5) is 6.47. The third-order valence-corrected chi connectivity index (χ3v) is 3.97. The Morgan fingerprint density at radius 2 is 2.17 bits per heavy atom. The smallest absolute Gasteiger partial charge is 0.193 e. The highest BCUT2D eigenvalue weighted by atomic mass is 127. The molecule has 0 heterocycles. The van der Waals surface area contributed by atoms with E-state index in [9.17, 15) is 0 Å². The van der Waals surface area contributed by atoms with Crippen molar-refractivity contribution in [3.63, 3.8) is 0 Å². The van der Waals surface area contributed by atoms with Gasteiger partial charge in [0.2, 0.25) is 0 Å². The van der Waals surface area contributed by atoms with E-state index in [1.807, 2.05) is 7.05 Å². The van der Waals surface area contributed by atoms with Gasteiger partial charge >= 0.3 is 0 Å². The number of aliphatic imine (C=N–C) groups is 1. The summed E-state index contributed by atoms with van der Waals surface area (Å²) in [6.07, 6.45) is 3.70. The van der Waals surface area contributed by atoms with Gasteiger partial charge in [-0.25, -0.2) is 0 Å². The molecule has 0 unspecified atom stereocenters. The number of hydrogen-bond donors (Lipinski definition) is 1. The van der Waals surface area contributed by atoms with E-state index in [1.165, 1.54) is 24.0 Å². The van der Waals surface area contributed by atoms with Gasteiger partial charge in [0.1, 0.15) is 0 Å². The first-order valence-corrected chi connectivity index (χ1v) is 8.24. The minimum atomic E-state index is 0. The van der Waals surface area contributed by atoms with Gasteiger partial charge in [0.25, 0.3) is 0 Å². The number of aryl methyl sites for hydroxylation is 1. The highest BCUT2D eigenvalue weighted by Crippen LogP contribution is 2.28. The zero-order valence-electron chi connectivity index (χ0n) is 14.5. The van der Waals surface area contributed by atoms with Gasteiger partial charge in [0.15, 0.2) is 5.96 Å². The Morgan fingerprint density at radius 3 is 2.83 bits per heavy atom. The topological polar surface area (TPSA) is 36.9 Å². The summed E-state index contributed by atoms with van der Waals surface area (Å²) in [7, 11) is 3.89. The van der Waals surface area contributed by atoms with E-state index in [-0.39, 0.29) is 24.0 Å². The molecule has 23 heavy (non-hydrogen) atoms. The summed E-state index contributed by atoms with van der Waals surface area (Å²) in [5, 5.41) is 3.42. The number of nitrogens with zero attached hydrogens (tertiary/aromatic N) is 2. The Kier molecular flexibility index (Phi) is 9.55. The predicted octanol–water partition coefficient (Wildman–Crippen LogP) is 3.09. The molecule has 0 bridgehead atoms. The largest absolute Gasteiger partial charge is 0.379 e. The minimum absolute atomic E-state index is 0. The average Bonchev–Trinajstić information content (AvgIpc) is 3.32. The Bertz CT molecular complexity index is 489. The van der Waals surface area contributed by atoms with Crippen molar-refractivity contribution < 1.29 is 4.74 Å². The molecule has 0 spiro atoms. The van der Waals surface area contributed by atoms with Crippen LogP contribution in [0.3, 0.4) is 0 Å². The number of likely N-dealkylation sites (N-methyl/N-ethyl adjacent to an activating group) is 1. The quantitative estimate of drug-likeness (QED) is 0.298. The van der Waals surface area contributed by atoms with Gasteiger partial charge in [-0.1, -0.05) is 29.8 Å². The van der Waals surface area contributed by atoms with Gasteiger partial charge in [-0.3, -0.25) is 4.99 Å². The van der Waals surface area contributed by atoms with Crippen LogP contribution in [0.25, 0.3) is 0 Å². The lowest BCUT2D eigenvalue weighted by Crippen LogP contribution is -2.41. The zero-order valence-corrected chi connectivity index (χ0v) is 16.9. The van der Waals surface area contributed by atoms with Crippen LogP contribution in [0.1, 0.15) is 24.0 Å². The lowest BCUT2D eigenvalue weighted by atomic mass is 10.1. The van der Waals surface area contributed by atoms with Crippen LogP contribution in [0.15, 0.2) is 29.3 Å². The monoisotopic (exact) mass is 431 g/mol. The molecule has 4 nitrogen and oxygen atoms in total. The summed E-state index contributed by atoms with van der Waals surface area (Å²) in [5.41, 5.74) is 2.67. The van der Waals surface area contributed by atoms with E-state index in [0.717, 1.165) is 44.6 Å². The number of halogens is 1. The summed E-state index contributed by atoms with van der Waals surface area (Å²) >= 11 is 0. The molecule has 1 aromatic carbocycles. The molecule has 1 fully saturated rings. The van der Waals surface area contributed by atoms with Crippen LogP contribution in [0, 0.1) is 12.8 Å². The number of ether oxygens (including phenoxy) is 1. The Morgan fingerprint density at radius 1 is 1.39 bits per heavy atom. The van der Waals surface area contributed by atoms with Gasteiger partial charge in [-0.15, -0.1) is 24.0 Å². The molecule has 0 amide bonds. The van der Waals surface area contributed by atoms with Crippen LogP contribution in [0.2, 0.25) is 0 Å². The van der Waals surface area contributed by atoms with E-state index in [1.54, 1.807) is 0 Å². The molecule has 1 saturated carbocycles. The lowest BCUT2D eigenvalue weighted by molar-refractivity contribution is 0.115. The number of benzene rings is 1. The second-order valence-electron chi connectivity index (χ2n) is 6.15. The predicted molar refractivity (Wildman–Crippen MR) is 108 cm³/mol. The summed E-state index contributed by atoms with van der Waals surface area (Å²) in [6, 6.07) is 8.65. The van der Waals surface area contributed by atoms with Gasteiger partial charge in [-0.05, 0) is 37.7 Å². The van der Waals surface area contributed by atoms with Crippen LogP contribution in [-0.4, -0.2) is 51.3 Å². The molecule has 0 atom stereocenters. The van der Waals surface area contributed by atoms with Crippen molar-refractivity contribution in [3.8, 4) is 0 Å². The summed E-state index contributed by atoms with van der Waals surface area (Å²) in [6.45, 7) is 5.59. The normalized spacial score (nSPS) is 14.3. The van der Waals surface area contributed by atoms with Crippen LogP contribution < -0.4 is 5.32 Å². The Labute approximate surface area is 157 Å². The van der Waals surface area contributed by atoms with Gasteiger partial charge in [0, 0.05) is 33.8 Å². The van der Waals surface area contributed by atoms with Crippen molar-refractivity contribution in [3.05, 3.63) is 35.4 Å². The number of nitrogens with one attached hydrogen (secondary N) is 1. The first kappa shape index (κ1) is 20.2. The average molecular weight is 431 g/mol. The number of hydrogen-bond acceptors (Lipinski definition) is 2. The van der Waals surface area contributed by atoms with E-state index in [0.29, 0.717) is 0 Å². The molecule has 0 saturated heterocycles. The van der Waals surface area contributed by atoms with Crippen LogP contribution >= 0.6 is 24.0 Å². The molecule has 5 heteroatoms. The van der Waals surface area contributed by atoms with E-state index >= 15 is 0 Å². The van der Waals surface area contributed by atoms with Crippen LogP contribution in [0.4, 0.5) is 0 Å². The first-order valence-electron chi connectivity index (χ1n) is 8.24. The van der Waals surface area contributed by atoms with Crippen molar-refractivity contribution in [2.45, 2.75) is 26.2 Å². The second-order valence-corrected chi connectivity index (χ2v) is 6.15. The van der Waals surface area contributed by atoms with Crippen LogP contribution in [0.5, 0.6) is 0 Å². The third kappa shape index (κ3) is 8.01. The van der Waals surface area contributed by atoms with E-state index < -0.39 is 0 Å². The van der Waals surface area contributed by atoms with Crippen molar-refractivity contribution in [1.29, 1.82) is 0 Å². The highest BCUT2D eigenvalue weighted by Gasteiger charge is 2.21. The number of guanidine groups is 1. The van der Waals surface area contributed by atoms with Crippen molar-refractivity contribution in [1.82, 2.24) is 10.2 Å². The minimum Gasteiger partial charge on any atom is -0.379 e. The molecular formula is C18H30IN3O. The van der Waals surface area contributed by atoms with Gasteiger partial charge in [0.05, 0.1) is 6.61 Å². The molecule has 1 N–H and O–H groups in total. The molecular weight excluding hydrogens is 401 g/mol. The Balaban J connectivity index is 0.00000264. The summed E-state index contributed by atoms with van der Waals surface area (Å²) < 4.78 is 5.69. The second kappa shape index (κ2) is 10.9. The maximum atomic E-state index is 5.69. The molecule has 1 aromatic rings. The van der Waals surface area contributed by atoms with Crippen LogP contribution in [-0.2, 0) is 11.2 Å². The standard InChI is InChI=1S/C18H29N3O.HI/c1-15-5-4-6-16(13-15)9-10-20-18(19-2)21(3)11-12-22-14-17-7-8-17;/h4-6,13,17H,7-12,14H2,1-3H3,(H,19,20);1H. The van der Waals surface area contributed by atoms with Crippen molar-refractivity contribution in [2.24, 2.45) is 10.9 Å². The fraction of sp³-hybridized carbons (Fsp3) is 0.611. The fourth-order valence-electron chi connectivity index (χ4n) is 2.41. The van der Waals surface area contributed by atoms with Crippen molar-refractivity contribution in [2.75, 3.05) is 40.4 Å². The summed E-state index contributed by atoms with van der Waals surface area (Å²) in [5.74, 6) is 1.76. The third-order valence-electron chi connectivity index (χ3n) is 3.97. The molecule has 2 rings (SSSR count). The maximum absolute atomic E-state index is 5.69. The zero-order chi connectivity index (χ0) is 15.8. The van der Waals surface area contributed by atoms with Gasteiger partial charge in [-0.2, -0.15) is 0 Å². The molecule has 0 aromatic heterocycles. The van der Waals surface area contributed by atoms with Gasteiger partial charge < -0.3 is 15.0 Å². The first-order chi connectivity index (χ1) is 10.7. The molecule has 0 radical (unpaired) electrons. The SMILES string of the molecule is CN=C(NCCc1cccc(C)c1)N(C)CCOCC1CC1.I. The van der Waals surface area contributed by atoms with Crippen molar-refractivity contribution >= 4 is 29.9 Å². The van der Waals surface area contributed by atoms with E-state index in [2.05, 4.69) is 53.4 Å². The molecule has 1 aliphatic rings. The maximum Gasteiger partial charge on any atom is 0.193 e. The molecule has 0 aliphatic heterocycles. The van der Waals surface area contributed by atoms with E-state index in [4.69, 9.17) is 4.74 Å². The molecule has 130 valence electrons. The Hall–Kier alpha value is -0.820.